The molecule has 0 aliphatic carbocycles. The van der Waals surface area contributed by atoms with Crippen LogP contribution in [0.5, 0.6) is 0 Å². The van der Waals surface area contributed by atoms with E-state index in [4.69, 9.17) is 11.6 Å². The number of halogens is 8. The van der Waals surface area contributed by atoms with E-state index in [1.807, 2.05) is 0 Å². The Balaban J connectivity index is 1.35. The molecule has 0 saturated heterocycles. The van der Waals surface area contributed by atoms with E-state index < -0.39 is 59.6 Å². The number of aryl methyl sites for hydroxylation is 1. The van der Waals surface area contributed by atoms with Crippen LogP contribution in [-0.2, 0) is 20.9 Å². The summed E-state index contributed by atoms with van der Waals surface area (Å²) >= 11 is 6.23. The number of carbonyl (C=O) groups is 4. The number of carbonyl (C=O) groups excluding carboxylic acids is 4. The zero-order valence-electron chi connectivity index (χ0n) is 31.2. The summed E-state index contributed by atoms with van der Waals surface area (Å²) in [5.41, 5.74) is -0.368. The molecule has 1 heterocycles. The molecule has 17 heteroatoms. The topological polar surface area (TPSA) is 122 Å². The number of ketones is 1. The molecule has 9 nitrogen and oxygen atoms in total. The minimum atomic E-state index is -5.05. The Hall–Kier alpha value is -6.03. The molecule has 1 aromatic heterocycles. The smallest absolute Gasteiger partial charge is 0.355 e. The zero-order valence-corrected chi connectivity index (χ0v) is 32.0. The van der Waals surface area contributed by atoms with E-state index in [9.17, 15) is 49.9 Å². The summed E-state index contributed by atoms with van der Waals surface area (Å²) in [6.45, 7) is 0.998. The second-order valence-corrected chi connectivity index (χ2v) is 13.9. The van der Waals surface area contributed by atoms with Crippen molar-refractivity contribution in [3.63, 3.8) is 0 Å². The van der Waals surface area contributed by atoms with E-state index in [1.165, 1.54) is 95.7 Å². The van der Waals surface area contributed by atoms with Gasteiger partial charge in [0.05, 0.1) is 29.7 Å². The standard InChI is InChI=1S/C42H37ClF7N5O4/c1-25-52-23-29(55(25)34-20-19-28(43)22-31(34)37(56)30-16-8-9-17-32(30)44)24-53-38(57)33(54-40(59)36(42(48,49)50)27-14-6-3-7-15-27)18-10-11-21-51-39(58)35(41(45,46)47)26-12-4-2-5-13-26/h2-9,12-17,19-20,22-23,33,35-36H,10-11,18,21,24H2,1H3,(H,51,58)(H,53,57)(H,54,59)/t33-,35-,36-/m0/s1. The first-order valence-corrected chi connectivity index (χ1v) is 18.6. The number of hydrogen-bond acceptors (Lipinski definition) is 5. The van der Waals surface area contributed by atoms with Gasteiger partial charge in [0.15, 0.2) is 17.6 Å². The van der Waals surface area contributed by atoms with Crippen LogP contribution in [0.15, 0.2) is 109 Å². The molecule has 5 aromatic rings. The summed E-state index contributed by atoms with van der Waals surface area (Å²) in [5, 5.41) is 7.19. The van der Waals surface area contributed by atoms with E-state index in [2.05, 4.69) is 20.9 Å². The molecule has 0 aliphatic heterocycles. The Morgan fingerprint density at radius 1 is 0.712 bits per heavy atom. The third kappa shape index (κ3) is 11.1. The maximum atomic E-state index is 14.7. The van der Waals surface area contributed by atoms with Gasteiger partial charge in [-0.1, -0.05) is 84.4 Å². The fraction of sp³-hybridized carbons (Fsp3) is 0.262. The molecule has 4 aromatic carbocycles. The Labute approximate surface area is 339 Å². The Bertz CT molecular complexity index is 2270. The number of benzene rings is 4. The third-order valence-electron chi connectivity index (χ3n) is 9.31. The fourth-order valence-corrected chi connectivity index (χ4v) is 6.67. The normalized spacial score (nSPS) is 13.2. The monoisotopic (exact) mass is 843 g/mol. The van der Waals surface area contributed by atoms with Crippen LogP contribution in [0, 0.1) is 12.7 Å². The largest absolute Gasteiger partial charge is 0.404 e. The number of hydrogen-bond donors (Lipinski definition) is 3. The molecular formula is C42H37ClF7N5O4. The maximum absolute atomic E-state index is 14.7. The van der Waals surface area contributed by atoms with Gasteiger partial charge in [0, 0.05) is 17.1 Å². The maximum Gasteiger partial charge on any atom is 0.404 e. The van der Waals surface area contributed by atoms with Crippen LogP contribution < -0.4 is 16.0 Å². The average molecular weight is 844 g/mol. The molecule has 0 bridgehead atoms. The van der Waals surface area contributed by atoms with Gasteiger partial charge in [-0.15, -0.1) is 0 Å². The Kier molecular flexibility index (Phi) is 14.3. The van der Waals surface area contributed by atoms with Crippen LogP contribution >= 0.6 is 11.6 Å². The molecule has 0 radical (unpaired) electrons. The highest BCUT2D eigenvalue weighted by Gasteiger charge is 2.47. The molecular weight excluding hydrogens is 807 g/mol. The number of imidazole rings is 1. The number of nitrogens with one attached hydrogen (secondary N) is 3. The van der Waals surface area contributed by atoms with E-state index in [0.29, 0.717) is 5.82 Å². The van der Waals surface area contributed by atoms with Gasteiger partial charge in [-0.05, 0) is 67.6 Å². The first kappa shape index (κ1) is 44.1. The van der Waals surface area contributed by atoms with Crippen molar-refractivity contribution in [2.24, 2.45) is 0 Å². The van der Waals surface area contributed by atoms with E-state index in [0.717, 1.165) is 18.2 Å². The first-order valence-electron chi connectivity index (χ1n) is 18.2. The molecule has 5 rings (SSSR count). The summed E-state index contributed by atoms with van der Waals surface area (Å²) in [6, 6.07) is 21.0. The lowest BCUT2D eigenvalue weighted by Gasteiger charge is -2.24. The highest BCUT2D eigenvalue weighted by atomic mass is 35.5. The van der Waals surface area contributed by atoms with Crippen LogP contribution in [0.3, 0.4) is 0 Å². The predicted molar refractivity (Wildman–Crippen MR) is 204 cm³/mol. The third-order valence-corrected chi connectivity index (χ3v) is 9.55. The van der Waals surface area contributed by atoms with Crippen molar-refractivity contribution in [3.8, 4) is 5.69 Å². The Morgan fingerprint density at radius 2 is 1.29 bits per heavy atom. The lowest BCUT2D eigenvalue weighted by molar-refractivity contribution is -0.167. The van der Waals surface area contributed by atoms with Crippen molar-refractivity contribution in [3.05, 3.63) is 154 Å². The van der Waals surface area contributed by atoms with Crippen LogP contribution in [0.4, 0.5) is 30.7 Å². The highest BCUT2D eigenvalue weighted by Crippen LogP contribution is 2.36. The van der Waals surface area contributed by atoms with Gasteiger partial charge in [0.1, 0.15) is 17.7 Å². The first-order chi connectivity index (χ1) is 28.0. The second kappa shape index (κ2) is 19.1. The zero-order chi connectivity index (χ0) is 42.9. The Morgan fingerprint density at radius 3 is 1.88 bits per heavy atom. The summed E-state index contributed by atoms with van der Waals surface area (Å²) in [4.78, 5) is 57.6. The number of alkyl halides is 6. The van der Waals surface area contributed by atoms with Crippen LogP contribution in [0.2, 0.25) is 5.02 Å². The van der Waals surface area contributed by atoms with Gasteiger partial charge in [0.25, 0.3) is 0 Å². The van der Waals surface area contributed by atoms with Crippen molar-refractivity contribution >= 4 is 35.1 Å². The van der Waals surface area contributed by atoms with Crippen molar-refractivity contribution in [2.75, 3.05) is 6.54 Å². The van der Waals surface area contributed by atoms with E-state index >= 15 is 0 Å². The molecule has 3 amide bonds. The van der Waals surface area contributed by atoms with Gasteiger partial charge in [0.2, 0.25) is 17.7 Å². The molecule has 0 spiro atoms. The number of unbranched alkanes of at least 4 members (excludes halogenated alkanes) is 1. The lowest BCUT2D eigenvalue weighted by Crippen LogP contribution is -2.50. The average Bonchev–Trinajstić information content (AvgIpc) is 3.55. The van der Waals surface area contributed by atoms with E-state index in [1.54, 1.807) is 6.92 Å². The molecule has 3 N–H and O–H groups in total. The minimum Gasteiger partial charge on any atom is -0.355 e. The molecule has 310 valence electrons. The summed E-state index contributed by atoms with van der Waals surface area (Å²) in [7, 11) is 0. The van der Waals surface area contributed by atoms with Gasteiger partial charge in [-0.3, -0.25) is 23.7 Å². The van der Waals surface area contributed by atoms with Gasteiger partial charge >= 0.3 is 12.4 Å². The minimum absolute atomic E-state index is 0.00191. The summed E-state index contributed by atoms with van der Waals surface area (Å²) < 4.78 is 101. The molecule has 0 fully saturated rings. The number of aromatic nitrogens is 2. The van der Waals surface area contributed by atoms with E-state index in [-0.39, 0.29) is 71.0 Å². The highest BCUT2D eigenvalue weighted by molar-refractivity contribution is 6.31. The number of rotatable bonds is 16. The molecule has 3 atom stereocenters. The van der Waals surface area contributed by atoms with Gasteiger partial charge < -0.3 is 16.0 Å². The van der Waals surface area contributed by atoms with Crippen molar-refractivity contribution in [2.45, 2.75) is 63.0 Å². The molecule has 0 aliphatic rings. The molecule has 59 heavy (non-hydrogen) atoms. The van der Waals surface area contributed by atoms with Crippen LogP contribution in [0.25, 0.3) is 5.69 Å². The molecule has 0 saturated carbocycles. The summed E-state index contributed by atoms with van der Waals surface area (Å²) in [5.74, 6) is -9.98. The van der Waals surface area contributed by atoms with Gasteiger partial charge in [-0.25, -0.2) is 9.37 Å². The van der Waals surface area contributed by atoms with Crippen molar-refractivity contribution in [1.29, 1.82) is 0 Å². The SMILES string of the molecule is Cc1ncc(CNC(=O)[C@H](CCCCNC(=O)[C@H](c2ccccc2)C(F)(F)F)NC(=O)[C@H](c2ccccc2)C(F)(F)F)n1-c1ccc(Cl)cc1C(=O)c1ccccc1F. The van der Waals surface area contributed by atoms with Crippen molar-refractivity contribution in [1.82, 2.24) is 25.5 Å². The lowest BCUT2D eigenvalue weighted by atomic mass is 9.96. The van der Waals surface area contributed by atoms with Crippen molar-refractivity contribution < 1.29 is 49.9 Å². The fourth-order valence-electron chi connectivity index (χ4n) is 6.50. The quantitative estimate of drug-likeness (QED) is 0.0525. The number of amides is 3. The van der Waals surface area contributed by atoms with Gasteiger partial charge in [-0.2, -0.15) is 26.3 Å². The second-order valence-electron chi connectivity index (χ2n) is 13.4. The van der Waals surface area contributed by atoms with Crippen LogP contribution in [0.1, 0.15) is 69.7 Å². The number of nitrogens with zero attached hydrogens (tertiary/aromatic N) is 2. The predicted octanol–water partition coefficient (Wildman–Crippen LogP) is 8.28. The van der Waals surface area contributed by atoms with Crippen LogP contribution in [-0.4, -0.2) is 58.0 Å². The summed E-state index contributed by atoms with van der Waals surface area (Å²) in [6.07, 6.45) is -8.88. The molecule has 0 unspecified atom stereocenters.